The molecule has 4 rings (SSSR count). The number of carbonyl (C=O) groups excluding carboxylic acids is 2. The molecule has 1 amide bonds. The Morgan fingerprint density at radius 3 is 2.37 bits per heavy atom. The Balaban J connectivity index is 1.52. The fourth-order valence-electron chi connectivity index (χ4n) is 4.53. The summed E-state index contributed by atoms with van der Waals surface area (Å²) in [5, 5.41) is 0. The Morgan fingerprint density at radius 1 is 1.03 bits per heavy atom. The Labute approximate surface area is 177 Å². The van der Waals surface area contributed by atoms with Crippen LogP contribution < -0.4 is 4.90 Å². The molecule has 0 aliphatic carbocycles. The molecule has 158 valence electrons. The normalized spacial score (nSPS) is 23.8. The maximum atomic E-state index is 13.3. The molecule has 3 unspecified atom stereocenters. The van der Waals surface area contributed by atoms with Crippen LogP contribution in [0.3, 0.4) is 0 Å². The quantitative estimate of drug-likeness (QED) is 0.728. The molecule has 3 atom stereocenters. The van der Waals surface area contributed by atoms with Gasteiger partial charge < -0.3 is 9.47 Å². The van der Waals surface area contributed by atoms with Gasteiger partial charge in [0.1, 0.15) is 6.04 Å². The van der Waals surface area contributed by atoms with Crippen molar-refractivity contribution in [2.45, 2.75) is 45.1 Å². The molecule has 1 saturated heterocycles. The van der Waals surface area contributed by atoms with Gasteiger partial charge in [0.2, 0.25) is 0 Å². The van der Waals surface area contributed by atoms with Crippen LogP contribution in [-0.2, 0) is 27.2 Å². The molecule has 2 aliphatic rings. The zero-order valence-corrected chi connectivity index (χ0v) is 17.7. The molecule has 0 aromatic heterocycles. The minimum Gasteiger partial charge on any atom is -0.467 e. The van der Waals surface area contributed by atoms with Gasteiger partial charge in [-0.15, -0.1) is 0 Å². The van der Waals surface area contributed by atoms with Crippen LogP contribution in [0.15, 0.2) is 48.5 Å². The van der Waals surface area contributed by atoms with Crippen LogP contribution >= 0.6 is 0 Å². The van der Waals surface area contributed by atoms with Crippen molar-refractivity contribution in [2.75, 3.05) is 25.1 Å². The lowest BCUT2D eigenvalue weighted by Gasteiger charge is -2.35. The number of amides is 1. The average molecular weight is 408 g/mol. The van der Waals surface area contributed by atoms with Crippen LogP contribution in [0.5, 0.6) is 0 Å². The monoisotopic (exact) mass is 408 g/mol. The summed E-state index contributed by atoms with van der Waals surface area (Å²) >= 11 is 0. The van der Waals surface area contributed by atoms with E-state index in [1.165, 1.54) is 7.11 Å². The van der Waals surface area contributed by atoms with E-state index in [1.807, 2.05) is 48.5 Å². The molecule has 0 radical (unpaired) electrons. The summed E-state index contributed by atoms with van der Waals surface area (Å²) in [5.41, 5.74) is 3.47. The van der Waals surface area contributed by atoms with Crippen molar-refractivity contribution >= 4 is 17.6 Å². The Kier molecular flexibility index (Phi) is 5.88. The lowest BCUT2D eigenvalue weighted by molar-refractivity contribution is -0.141. The maximum Gasteiger partial charge on any atom is 0.329 e. The minimum atomic E-state index is -0.629. The molecule has 6 nitrogen and oxygen atoms in total. The molecule has 0 bridgehead atoms. The number of rotatable bonds is 4. The van der Waals surface area contributed by atoms with Gasteiger partial charge in [0, 0.05) is 37.3 Å². The summed E-state index contributed by atoms with van der Waals surface area (Å²) in [6.45, 7) is 6.81. The van der Waals surface area contributed by atoms with Crippen molar-refractivity contribution in [3.8, 4) is 0 Å². The Morgan fingerprint density at radius 2 is 1.70 bits per heavy atom. The number of anilines is 1. The fourth-order valence-corrected chi connectivity index (χ4v) is 4.53. The predicted octanol–water partition coefficient (Wildman–Crippen LogP) is 3.04. The highest BCUT2D eigenvalue weighted by atomic mass is 16.5. The van der Waals surface area contributed by atoms with E-state index >= 15 is 0 Å². The highest BCUT2D eigenvalue weighted by Crippen LogP contribution is 2.34. The summed E-state index contributed by atoms with van der Waals surface area (Å²) < 4.78 is 10.8. The van der Waals surface area contributed by atoms with E-state index in [9.17, 15) is 9.59 Å². The summed E-state index contributed by atoms with van der Waals surface area (Å²) in [7, 11) is 1.36. The lowest BCUT2D eigenvalue weighted by atomic mass is 10.1. The summed E-state index contributed by atoms with van der Waals surface area (Å²) in [6, 6.07) is 14.7. The third-order valence-electron chi connectivity index (χ3n) is 5.77. The van der Waals surface area contributed by atoms with Crippen LogP contribution in [0.4, 0.5) is 5.69 Å². The van der Waals surface area contributed by atoms with Crippen LogP contribution in [0.25, 0.3) is 0 Å². The molecule has 6 heteroatoms. The van der Waals surface area contributed by atoms with Crippen LogP contribution in [-0.4, -0.2) is 55.2 Å². The molecule has 2 aliphatic heterocycles. The first-order chi connectivity index (χ1) is 14.5. The molecule has 2 aromatic rings. The second kappa shape index (κ2) is 8.58. The van der Waals surface area contributed by atoms with Crippen molar-refractivity contribution in [1.29, 1.82) is 0 Å². The van der Waals surface area contributed by atoms with E-state index in [1.54, 1.807) is 4.90 Å². The standard InChI is InChI=1S/C24H28N2O4/c1-16-13-25(14-17(2)30-16)15-18-8-10-19(11-9-18)23(27)26-21-7-5-4-6-20(21)12-22(26)24(28)29-3/h4-11,16-17,22H,12-15H2,1-3H3. The van der Waals surface area contributed by atoms with Gasteiger partial charge in [0.15, 0.2) is 0 Å². The average Bonchev–Trinajstić information content (AvgIpc) is 3.12. The van der Waals surface area contributed by atoms with E-state index < -0.39 is 12.0 Å². The summed E-state index contributed by atoms with van der Waals surface area (Å²) in [4.78, 5) is 29.6. The molecule has 0 saturated carbocycles. The van der Waals surface area contributed by atoms with Crippen molar-refractivity contribution in [2.24, 2.45) is 0 Å². The molecular weight excluding hydrogens is 380 g/mol. The zero-order chi connectivity index (χ0) is 21.3. The smallest absolute Gasteiger partial charge is 0.329 e. The van der Waals surface area contributed by atoms with Crippen LogP contribution in [0, 0.1) is 0 Å². The summed E-state index contributed by atoms with van der Waals surface area (Å²) in [6.07, 6.45) is 0.917. The second-order valence-electron chi connectivity index (χ2n) is 8.20. The van der Waals surface area contributed by atoms with Gasteiger partial charge in [-0.1, -0.05) is 30.3 Å². The third kappa shape index (κ3) is 4.11. The van der Waals surface area contributed by atoms with Gasteiger partial charge in [-0.3, -0.25) is 14.6 Å². The lowest BCUT2D eigenvalue weighted by Crippen LogP contribution is -2.44. The first-order valence-corrected chi connectivity index (χ1v) is 10.4. The predicted molar refractivity (Wildman–Crippen MR) is 114 cm³/mol. The number of methoxy groups -OCH3 is 1. The SMILES string of the molecule is COC(=O)C1Cc2ccccc2N1C(=O)c1ccc(CN2CC(C)OC(C)C2)cc1. The van der Waals surface area contributed by atoms with E-state index in [4.69, 9.17) is 9.47 Å². The zero-order valence-electron chi connectivity index (χ0n) is 17.7. The van der Waals surface area contributed by atoms with Crippen molar-refractivity contribution in [3.63, 3.8) is 0 Å². The number of ether oxygens (including phenoxy) is 2. The van der Waals surface area contributed by atoms with Crippen molar-refractivity contribution in [3.05, 3.63) is 65.2 Å². The van der Waals surface area contributed by atoms with Gasteiger partial charge >= 0.3 is 5.97 Å². The molecule has 30 heavy (non-hydrogen) atoms. The summed E-state index contributed by atoms with van der Waals surface area (Å²) in [5.74, 6) is -0.581. The first-order valence-electron chi connectivity index (χ1n) is 10.4. The number of carbonyl (C=O) groups is 2. The van der Waals surface area contributed by atoms with Gasteiger partial charge in [0.05, 0.1) is 19.3 Å². The van der Waals surface area contributed by atoms with Crippen LogP contribution in [0.2, 0.25) is 0 Å². The molecule has 2 aromatic carbocycles. The molecule has 1 fully saturated rings. The van der Waals surface area contributed by atoms with Crippen LogP contribution in [0.1, 0.15) is 35.3 Å². The number of fused-ring (bicyclic) bond motifs is 1. The molecular formula is C24H28N2O4. The molecule has 0 spiro atoms. The number of para-hydroxylation sites is 1. The highest BCUT2D eigenvalue weighted by molar-refractivity contribution is 6.11. The van der Waals surface area contributed by atoms with E-state index in [0.29, 0.717) is 12.0 Å². The Hall–Kier alpha value is -2.70. The van der Waals surface area contributed by atoms with Crippen molar-refractivity contribution < 1.29 is 19.1 Å². The third-order valence-corrected chi connectivity index (χ3v) is 5.77. The van der Waals surface area contributed by atoms with E-state index in [2.05, 4.69) is 18.7 Å². The number of nitrogens with zero attached hydrogens (tertiary/aromatic N) is 2. The van der Waals surface area contributed by atoms with Gasteiger partial charge in [-0.2, -0.15) is 0 Å². The molecule has 0 N–H and O–H groups in total. The number of hydrogen-bond acceptors (Lipinski definition) is 5. The topological polar surface area (TPSA) is 59.1 Å². The highest BCUT2D eigenvalue weighted by Gasteiger charge is 2.39. The van der Waals surface area contributed by atoms with Gasteiger partial charge in [0.25, 0.3) is 5.91 Å². The van der Waals surface area contributed by atoms with Gasteiger partial charge in [-0.25, -0.2) is 4.79 Å². The van der Waals surface area contributed by atoms with E-state index in [0.717, 1.165) is 36.4 Å². The molecule has 2 heterocycles. The number of morpholine rings is 1. The minimum absolute atomic E-state index is 0.185. The Bertz CT molecular complexity index is 917. The largest absolute Gasteiger partial charge is 0.467 e. The fraction of sp³-hybridized carbons (Fsp3) is 0.417. The second-order valence-corrected chi connectivity index (χ2v) is 8.20. The first kappa shape index (κ1) is 20.6. The van der Waals surface area contributed by atoms with E-state index in [-0.39, 0.29) is 18.1 Å². The van der Waals surface area contributed by atoms with Gasteiger partial charge in [-0.05, 0) is 43.2 Å². The number of benzene rings is 2. The number of hydrogen-bond donors (Lipinski definition) is 0. The van der Waals surface area contributed by atoms with Crippen molar-refractivity contribution in [1.82, 2.24) is 4.90 Å². The number of esters is 1. The maximum absolute atomic E-state index is 13.3.